The smallest absolute Gasteiger partial charge is 0.228 e. The van der Waals surface area contributed by atoms with Gasteiger partial charge in [0.1, 0.15) is 23.3 Å². The van der Waals surface area contributed by atoms with Gasteiger partial charge in [0, 0.05) is 48.1 Å². The molecule has 1 amide bonds. The molecule has 3 aromatic rings. The molecule has 1 atom stereocenters. The first-order valence-corrected chi connectivity index (χ1v) is 11.2. The maximum Gasteiger partial charge on any atom is 0.228 e. The van der Waals surface area contributed by atoms with Gasteiger partial charge in [0.2, 0.25) is 5.91 Å². The van der Waals surface area contributed by atoms with Crippen molar-refractivity contribution in [1.29, 1.82) is 0 Å². The average molecular weight is 435 g/mol. The van der Waals surface area contributed by atoms with E-state index in [2.05, 4.69) is 14.9 Å². The fraction of sp³-hybridized carbons (Fsp3) is 0.417. The van der Waals surface area contributed by atoms with Gasteiger partial charge >= 0.3 is 0 Å². The molecule has 2 aliphatic rings. The van der Waals surface area contributed by atoms with E-state index in [-0.39, 0.29) is 24.2 Å². The van der Waals surface area contributed by atoms with Gasteiger partial charge in [0.25, 0.3) is 0 Å². The van der Waals surface area contributed by atoms with Crippen molar-refractivity contribution in [3.8, 4) is 0 Å². The van der Waals surface area contributed by atoms with E-state index < -0.39 is 0 Å². The van der Waals surface area contributed by atoms with Gasteiger partial charge in [-0.2, -0.15) is 0 Å². The number of nitrogens with zero attached hydrogens (tertiary/aromatic N) is 5. The van der Waals surface area contributed by atoms with Gasteiger partial charge < -0.3 is 4.98 Å². The second-order valence-corrected chi connectivity index (χ2v) is 8.65. The molecule has 4 heterocycles. The van der Waals surface area contributed by atoms with Crippen LogP contribution in [0, 0.1) is 12.7 Å². The van der Waals surface area contributed by atoms with Gasteiger partial charge in [0.05, 0.1) is 13.1 Å². The number of hydrogen-bond donors (Lipinski definition) is 1. The lowest BCUT2D eigenvalue weighted by Gasteiger charge is -2.33. The van der Waals surface area contributed by atoms with Gasteiger partial charge in [-0.15, -0.1) is 0 Å². The van der Waals surface area contributed by atoms with Crippen molar-refractivity contribution in [2.24, 2.45) is 0 Å². The summed E-state index contributed by atoms with van der Waals surface area (Å²) in [7, 11) is 0. The Morgan fingerprint density at radius 3 is 2.88 bits per heavy atom. The van der Waals surface area contributed by atoms with Crippen molar-refractivity contribution < 1.29 is 9.18 Å². The lowest BCUT2D eigenvalue weighted by atomic mass is 9.96. The highest BCUT2D eigenvalue weighted by atomic mass is 19.1. The van der Waals surface area contributed by atoms with Crippen molar-refractivity contribution in [1.82, 2.24) is 24.8 Å². The quantitative estimate of drug-likeness (QED) is 0.665. The molecule has 0 spiro atoms. The lowest BCUT2D eigenvalue weighted by Crippen LogP contribution is -2.38. The van der Waals surface area contributed by atoms with Crippen molar-refractivity contribution in [3.05, 3.63) is 70.9 Å². The van der Waals surface area contributed by atoms with Gasteiger partial charge in [-0.25, -0.2) is 19.3 Å². The van der Waals surface area contributed by atoms with Crippen LogP contribution in [0.3, 0.4) is 0 Å². The van der Waals surface area contributed by atoms with E-state index in [4.69, 9.17) is 9.97 Å². The zero-order chi connectivity index (χ0) is 22.1. The maximum atomic E-state index is 14.3. The Labute approximate surface area is 186 Å². The summed E-state index contributed by atoms with van der Waals surface area (Å²) in [5, 5.41) is 0. The standard InChI is InChI=1S/C24H27FN6O/c1-16-19-8-9-22(32)31(14-17-5-2-3-7-20(17)25)24(19)29-23(28-16)18-6-4-12-30(13-18)15-21-26-10-11-27-21/h2-3,5,7,10-11,18H,4,6,8-9,12-15H2,1H3,(H,26,27). The minimum Gasteiger partial charge on any atom is -0.348 e. The van der Waals surface area contributed by atoms with Crippen LogP contribution in [-0.2, 0) is 24.3 Å². The molecule has 0 aliphatic carbocycles. The number of aromatic amines is 1. The summed E-state index contributed by atoms with van der Waals surface area (Å²) in [6.07, 6.45) is 6.70. The van der Waals surface area contributed by atoms with Crippen molar-refractivity contribution >= 4 is 11.7 Å². The number of imidazole rings is 1. The molecule has 1 fully saturated rings. The third-order valence-corrected chi connectivity index (χ3v) is 6.44. The summed E-state index contributed by atoms with van der Waals surface area (Å²) in [5.41, 5.74) is 2.40. The van der Waals surface area contributed by atoms with Crippen LogP contribution in [0.15, 0.2) is 36.7 Å². The summed E-state index contributed by atoms with van der Waals surface area (Å²) in [5.74, 6) is 2.24. The molecule has 1 N–H and O–H groups in total. The Kier molecular flexibility index (Phi) is 5.70. The number of anilines is 1. The number of likely N-dealkylation sites (tertiary alicyclic amines) is 1. The molecule has 2 aromatic heterocycles. The summed E-state index contributed by atoms with van der Waals surface area (Å²) in [6, 6.07) is 6.60. The molecule has 0 bridgehead atoms. The van der Waals surface area contributed by atoms with Crippen molar-refractivity contribution in [2.75, 3.05) is 18.0 Å². The minimum atomic E-state index is -0.306. The molecule has 0 saturated carbocycles. The first-order valence-electron chi connectivity index (χ1n) is 11.2. The number of rotatable bonds is 5. The zero-order valence-electron chi connectivity index (χ0n) is 18.2. The molecule has 1 aromatic carbocycles. The number of H-pyrrole nitrogens is 1. The third kappa shape index (κ3) is 4.14. The number of halogens is 1. The molecule has 1 unspecified atom stereocenters. The number of piperidine rings is 1. The summed E-state index contributed by atoms with van der Waals surface area (Å²) < 4.78 is 14.3. The molecule has 2 aliphatic heterocycles. The van der Waals surface area contributed by atoms with Gasteiger partial charge in [-0.1, -0.05) is 18.2 Å². The van der Waals surface area contributed by atoms with E-state index >= 15 is 0 Å². The third-order valence-electron chi connectivity index (χ3n) is 6.44. The minimum absolute atomic E-state index is 0.0205. The largest absolute Gasteiger partial charge is 0.348 e. The number of hydrogen-bond acceptors (Lipinski definition) is 5. The molecule has 32 heavy (non-hydrogen) atoms. The van der Waals surface area contributed by atoms with Crippen molar-refractivity contribution in [2.45, 2.75) is 51.6 Å². The summed E-state index contributed by atoms with van der Waals surface area (Å²) >= 11 is 0. The summed E-state index contributed by atoms with van der Waals surface area (Å²) in [6.45, 7) is 4.80. The number of aromatic nitrogens is 4. The molecule has 0 radical (unpaired) electrons. The van der Waals surface area contributed by atoms with Crippen LogP contribution in [0.5, 0.6) is 0 Å². The number of fused-ring (bicyclic) bond motifs is 1. The molecular formula is C24H27FN6O. The molecule has 166 valence electrons. The number of amides is 1. The molecular weight excluding hydrogens is 407 g/mol. The fourth-order valence-electron chi connectivity index (χ4n) is 4.75. The van der Waals surface area contributed by atoms with E-state index in [1.54, 1.807) is 29.3 Å². The predicted molar refractivity (Wildman–Crippen MR) is 119 cm³/mol. The van der Waals surface area contributed by atoms with Crippen LogP contribution >= 0.6 is 0 Å². The van der Waals surface area contributed by atoms with Crippen LogP contribution < -0.4 is 4.90 Å². The molecule has 5 rings (SSSR count). The maximum absolute atomic E-state index is 14.3. The number of aryl methyl sites for hydroxylation is 1. The second kappa shape index (κ2) is 8.78. The highest BCUT2D eigenvalue weighted by molar-refractivity contribution is 5.95. The molecule has 8 heteroatoms. The number of carbonyl (C=O) groups is 1. The second-order valence-electron chi connectivity index (χ2n) is 8.65. The normalized spacial score (nSPS) is 19.2. The topological polar surface area (TPSA) is 78.0 Å². The molecule has 1 saturated heterocycles. The average Bonchev–Trinajstić information content (AvgIpc) is 3.30. The summed E-state index contributed by atoms with van der Waals surface area (Å²) in [4.78, 5) is 34.1. The highest BCUT2D eigenvalue weighted by Crippen LogP contribution is 2.33. The SMILES string of the molecule is Cc1nc(C2CCCN(Cc3ncc[nH]3)C2)nc2c1CCC(=O)N2Cc1ccccc1F. The first kappa shape index (κ1) is 20.8. The van der Waals surface area contributed by atoms with Crippen LogP contribution in [0.4, 0.5) is 10.2 Å². The lowest BCUT2D eigenvalue weighted by molar-refractivity contribution is -0.119. The Hall–Kier alpha value is -3.13. The number of nitrogens with one attached hydrogen (secondary N) is 1. The van der Waals surface area contributed by atoms with E-state index in [9.17, 15) is 9.18 Å². The van der Waals surface area contributed by atoms with Crippen molar-refractivity contribution in [3.63, 3.8) is 0 Å². The van der Waals surface area contributed by atoms with Gasteiger partial charge in [-0.3, -0.25) is 14.6 Å². The highest BCUT2D eigenvalue weighted by Gasteiger charge is 2.31. The van der Waals surface area contributed by atoms with Crippen LogP contribution in [0.25, 0.3) is 0 Å². The Bertz CT molecular complexity index is 1120. The fourth-order valence-corrected chi connectivity index (χ4v) is 4.75. The van der Waals surface area contributed by atoms with E-state index in [1.807, 2.05) is 13.1 Å². The van der Waals surface area contributed by atoms with Gasteiger partial charge in [0.15, 0.2) is 0 Å². The Morgan fingerprint density at radius 2 is 2.06 bits per heavy atom. The van der Waals surface area contributed by atoms with Gasteiger partial charge in [-0.05, 0) is 38.8 Å². The molecule has 7 nitrogen and oxygen atoms in total. The van der Waals surface area contributed by atoms with Crippen LogP contribution in [0.1, 0.15) is 53.7 Å². The van der Waals surface area contributed by atoms with Crippen LogP contribution in [-0.4, -0.2) is 43.8 Å². The Morgan fingerprint density at radius 1 is 1.19 bits per heavy atom. The van der Waals surface area contributed by atoms with E-state index in [1.165, 1.54) is 6.07 Å². The monoisotopic (exact) mass is 434 g/mol. The zero-order valence-corrected chi connectivity index (χ0v) is 18.2. The first-order chi connectivity index (χ1) is 15.6. The van der Waals surface area contributed by atoms with E-state index in [0.717, 1.165) is 55.4 Å². The Balaban J connectivity index is 1.43. The predicted octanol–water partition coefficient (Wildman–Crippen LogP) is 3.51. The number of carbonyl (C=O) groups excluding carboxylic acids is 1. The number of benzene rings is 1. The van der Waals surface area contributed by atoms with E-state index in [0.29, 0.717) is 24.2 Å². The van der Waals surface area contributed by atoms with Crippen LogP contribution in [0.2, 0.25) is 0 Å².